The molecule has 0 aliphatic heterocycles. The van der Waals surface area contributed by atoms with Crippen LogP contribution in [0.15, 0.2) is 17.5 Å². The Morgan fingerprint density at radius 3 is 3.00 bits per heavy atom. The SMILES string of the molecule is CC(=O)c1n[nH]nc1-c1cccs1. The van der Waals surface area contributed by atoms with E-state index >= 15 is 0 Å². The van der Waals surface area contributed by atoms with Crippen molar-refractivity contribution in [1.29, 1.82) is 0 Å². The van der Waals surface area contributed by atoms with Gasteiger partial charge < -0.3 is 0 Å². The summed E-state index contributed by atoms with van der Waals surface area (Å²) in [6.45, 7) is 1.48. The zero-order valence-corrected chi connectivity index (χ0v) is 7.76. The van der Waals surface area contributed by atoms with E-state index in [1.807, 2.05) is 17.5 Å². The lowest BCUT2D eigenvalue weighted by atomic mass is 10.2. The van der Waals surface area contributed by atoms with E-state index in [0.717, 1.165) is 4.88 Å². The number of carbonyl (C=O) groups excluding carboxylic acids is 1. The summed E-state index contributed by atoms with van der Waals surface area (Å²) in [7, 11) is 0. The monoisotopic (exact) mass is 193 g/mol. The summed E-state index contributed by atoms with van der Waals surface area (Å²) in [6.07, 6.45) is 0. The highest BCUT2D eigenvalue weighted by Crippen LogP contribution is 2.24. The summed E-state index contributed by atoms with van der Waals surface area (Å²) >= 11 is 1.54. The third-order valence-corrected chi connectivity index (χ3v) is 2.51. The summed E-state index contributed by atoms with van der Waals surface area (Å²) in [5, 5.41) is 12.1. The first-order valence-electron chi connectivity index (χ1n) is 3.74. The molecule has 5 heteroatoms. The maximum absolute atomic E-state index is 11.1. The molecule has 2 aromatic rings. The molecule has 66 valence electrons. The van der Waals surface area contributed by atoms with E-state index in [0.29, 0.717) is 11.4 Å². The number of carbonyl (C=O) groups is 1. The van der Waals surface area contributed by atoms with Crippen molar-refractivity contribution in [2.24, 2.45) is 0 Å². The van der Waals surface area contributed by atoms with Crippen molar-refractivity contribution in [3.8, 4) is 10.6 Å². The third kappa shape index (κ3) is 1.38. The number of hydrogen-bond donors (Lipinski definition) is 1. The molecular weight excluding hydrogens is 186 g/mol. The van der Waals surface area contributed by atoms with E-state index in [-0.39, 0.29) is 5.78 Å². The number of Topliss-reactive ketones (excluding diaryl/α,β-unsaturated/α-hetero) is 1. The second kappa shape index (κ2) is 3.10. The summed E-state index contributed by atoms with van der Waals surface area (Å²) in [5.41, 5.74) is 1.05. The van der Waals surface area contributed by atoms with Crippen LogP contribution in [0.25, 0.3) is 10.6 Å². The minimum atomic E-state index is -0.0721. The molecule has 0 bridgehead atoms. The molecule has 0 aromatic carbocycles. The highest BCUT2D eigenvalue weighted by Gasteiger charge is 2.14. The fraction of sp³-hybridized carbons (Fsp3) is 0.125. The van der Waals surface area contributed by atoms with Crippen LogP contribution < -0.4 is 0 Å². The van der Waals surface area contributed by atoms with Gasteiger partial charge in [0.25, 0.3) is 0 Å². The van der Waals surface area contributed by atoms with Gasteiger partial charge in [-0.1, -0.05) is 6.07 Å². The molecule has 0 saturated heterocycles. The van der Waals surface area contributed by atoms with Gasteiger partial charge in [-0.25, -0.2) is 0 Å². The Kier molecular flexibility index (Phi) is 1.94. The van der Waals surface area contributed by atoms with Gasteiger partial charge in [-0.15, -0.1) is 11.3 Å². The quantitative estimate of drug-likeness (QED) is 0.739. The smallest absolute Gasteiger partial charge is 0.182 e. The van der Waals surface area contributed by atoms with Crippen LogP contribution in [-0.4, -0.2) is 21.2 Å². The minimum Gasteiger partial charge on any atom is -0.293 e. The van der Waals surface area contributed by atoms with Gasteiger partial charge in [0.05, 0.1) is 4.88 Å². The standard InChI is InChI=1S/C8H7N3OS/c1-5(12)7-8(10-11-9-7)6-3-2-4-13-6/h2-4H,1H3,(H,9,10,11). The lowest BCUT2D eigenvalue weighted by molar-refractivity contribution is 0.101. The normalized spacial score (nSPS) is 10.2. The van der Waals surface area contributed by atoms with E-state index in [2.05, 4.69) is 15.4 Å². The number of aromatic nitrogens is 3. The molecule has 0 atom stereocenters. The maximum Gasteiger partial charge on any atom is 0.182 e. The number of thiophene rings is 1. The molecule has 0 fully saturated rings. The van der Waals surface area contributed by atoms with E-state index < -0.39 is 0 Å². The van der Waals surface area contributed by atoms with Crippen LogP contribution in [0.5, 0.6) is 0 Å². The first-order chi connectivity index (χ1) is 6.29. The first-order valence-corrected chi connectivity index (χ1v) is 4.62. The molecule has 13 heavy (non-hydrogen) atoms. The lowest BCUT2D eigenvalue weighted by Gasteiger charge is -1.90. The average molecular weight is 193 g/mol. The lowest BCUT2D eigenvalue weighted by Crippen LogP contribution is -1.94. The van der Waals surface area contributed by atoms with E-state index in [4.69, 9.17) is 0 Å². The number of nitrogens with zero attached hydrogens (tertiary/aromatic N) is 2. The van der Waals surface area contributed by atoms with Gasteiger partial charge in [0, 0.05) is 6.92 Å². The number of H-pyrrole nitrogens is 1. The van der Waals surface area contributed by atoms with Gasteiger partial charge in [0.1, 0.15) is 5.69 Å². The van der Waals surface area contributed by atoms with E-state index in [1.54, 1.807) is 0 Å². The van der Waals surface area contributed by atoms with Gasteiger partial charge in [0.2, 0.25) is 0 Å². The van der Waals surface area contributed by atoms with Gasteiger partial charge in [-0.3, -0.25) is 4.79 Å². The van der Waals surface area contributed by atoms with Crippen LogP contribution in [0, 0.1) is 0 Å². The summed E-state index contributed by atoms with van der Waals surface area (Å²) < 4.78 is 0. The molecule has 4 nitrogen and oxygen atoms in total. The van der Waals surface area contributed by atoms with Gasteiger partial charge in [-0.05, 0) is 11.4 Å². The summed E-state index contributed by atoms with van der Waals surface area (Å²) in [4.78, 5) is 12.1. The van der Waals surface area contributed by atoms with Crippen LogP contribution in [0.2, 0.25) is 0 Å². The number of aromatic amines is 1. The predicted octanol–water partition coefficient (Wildman–Crippen LogP) is 1.74. The van der Waals surface area contributed by atoms with Crippen molar-refractivity contribution in [3.63, 3.8) is 0 Å². The fourth-order valence-corrected chi connectivity index (χ4v) is 1.78. The van der Waals surface area contributed by atoms with Crippen molar-refractivity contribution in [1.82, 2.24) is 15.4 Å². The van der Waals surface area contributed by atoms with Crippen molar-refractivity contribution in [2.45, 2.75) is 6.92 Å². The highest BCUT2D eigenvalue weighted by atomic mass is 32.1. The van der Waals surface area contributed by atoms with Crippen LogP contribution in [0.4, 0.5) is 0 Å². The largest absolute Gasteiger partial charge is 0.293 e. The van der Waals surface area contributed by atoms with Gasteiger partial charge in [0.15, 0.2) is 11.5 Å². The second-order valence-electron chi connectivity index (χ2n) is 2.55. The number of rotatable bonds is 2. The highest BCUT2D eigenvalue weighted by molar-refractivity contribution is 7.13. The average Bonchev–Trinajstić information content (AvgIpc) is 2.74. The minimum absolute atomic E-state index is 0.0721. The number of nitrogens with one attached hydrogen (secondary N) is 1. The first kappa shape index (κ1) is 8.12. The molecule has 2 aromatic heterocycles. The molecule has 0 spiro atoms. The zero-order chi connectivity index (χ0) is 9.26. The van der Waals surface area contributed by atoms with Crippen LogP contribution in [0.1, 0.15) is 17.4 Å². The Bertz CT molecular complexity index is 418. The van der Waals surface area contributed by atoms with E-state index in [9.17, 15) is 4.79 Å². The topological polar surface area (TPSA) is 58.6 Å². The molecule has 0 aliphatic carbocycles. The molecule has 0 aliphatic rings. The molecule has 0 radical (unpaired) electrons. The zero-order valence-electron chi connectivity index (χ0n) is 6.94. The Morgan fingerprint density at radius 2 is 2.38 bits per heavy atom. The van der Waals surface area contributed by atoms with Crippen LogP contribution >= 0.6 is 11.3 Å². The molecule has 0 unspecified atom stereocenters. The Morgan fingerprint density at radius 1 is 1.54 bits per heavy atom. The summed E-state index contributed by atoms with van der Waals surface area (Å²) in [5.74, 6) is -0.0721. The predicted molar refractivity (Wildman–Crippen MR) is 49.7 cm³/mol. The molecule has 0 saturated carbocycles. The Labute approximate surface area is 78.6 Å². The van der Waals surface area contributed by atoms with Crippen molar-refractivity contribution < 1.29 is 4.79 Å². The Balaban J connectivity index is 2.52. The van der Waals surface area contributed by atoms with Crippen molar-refractivity contribution >= 4 is 17.1 Å². The number of hydrogen-bond acceptors (Lipinski definition) is 4. The van der Waals surface area contributed by atoms with Crippen LogP contribution in [-0.2, 0) is 0 Å². The van der Waals surface area contributed by atoms with E-state index in [1.165, 1.54) is 18.3 Å². The molecule has 1 N–H and O–H groups in total. The molecule has 2 heterocycles. The molecule has 2 rings (SSSR count). The summed E-state index contributed by atoms with van der Waals surface area (Å²) in [6, 6.07) is 3.83. The third-order valence-electron chi connectivity index (χ3n) is 1.64. The van der Waals surface area contributed by atoms with Gasteiger partial charge >= 0.3 is 0 Å². The fourth-order valence-electron chi connectivity index (χ4n) is 1.06. The van der Waals surface area contributed by atoms with Crippen molar-refractivity contribution in [2.75, 3.05) is 0 Å². The van der Waals surface area contributed by atoms with Gasteiger partial charge in [-0.2, -0.15) is 15.4 Å². The maximum atomic E-state index is 11.1. The number of ketones is 1. The second-order valence-corrected chi connectivity index (χ2v) is 3.50. The van der Waals surface area contributed by atoms with Crippen LogP contribution in [0.3, 0.4) is 0 Å². The molecule has 0 amide bonds. The Hall–Kier alpha value is -1.49. The van der Waals surface area contributed by atoms with Crippen molar-refractivity contribution in [3.05, 3.63) is 23.2 Å². The molecular formula is C8H7N3OS.